The van der Waals surface area contributed by atoms with Gasteiger partial charge in [-0.1, -0.05) is 6.08 Å². The molecule has 7 nitrogen and oxygen atoms in total. The number of aliphatic carboxylic acids is 1. The summed E-state index contributed by atoms with van der Waals surface area (Å²) >= 11 is 0. The van der Waals surface area contributed by atoms with Gasteiger partial charge >= 0.3 is 11.9 Å². The van der Waals surface area contributed by atoms with Crippen molar-refractivity contribution in [2.75, 3.05) is 25.1 Å². The third-order valence-electron chi connectivity index (χ3n) is 2.01. The van der Waals surface area contributed by atoms with Crippen LogP contribution in [0.1, 0.15) is 10.6 Å². The zero-order chi connectivity index (χ0) is 13.5. The first-order valence-electron chi connectivity index (χ1n) is 5.07. The summed E-state index contributed by atoms with van der Waals surface area (Å²) in [6.45, 7) is 3.59. The lowest BCUT2D eigenvalue weighted by molar-refractivity contribution is -0.135. The largest absolute Gasteiger partial charge is 0.480 e. The first-order valence-corrected chi connectivity index (χ1v) is 5.07. The molecular formula is C11H13N3O4. The zero-order valence-electron chi connectivity index (χ0n) is 9.87. The molecule has 0 aliphatic heterocycles. The van der Waals surface area contributed by atoms with E-state index in [2.05, 4.69) is 21.3 Å². The molecule has 0 amide bonds. The van der Waals surface area contributed by atoms with E-state index >= 15 is 0 Å². The van der Waals surface area contributed by atoms with Crippen molar-refractivity contribution in [3.63, 3.8) is 0 Å². The van der Waals surface area contributed by atoms with E-state index in [1.165, 1.54) is 24.3 Å². The second-order valence-electron chi connectivity index (χ2n) is 3.29. The molecule has 0 fully saturated rings. The van der Waals surface area contributed by atoms with E-state index in [1.807, 2.05) is 0 Å². The lowest BCUT2D eigenvalue weighted by atomic mass is 10.4. The standard InChI is InChI=1S/C11H13N3O4/c1-3-6-14(7-9(15)16)8-4-5-12-10(13-8)11(17)18-2/h3-5H,1,6-7H2,2H3,(H,15,16). The quantitative estimate of drug-likeness (QED) is 0.575. The molecule has 0 spiro atoms. The third-order valence-corrected chi connectivity index (χ3v) is 2.01. The minimum absolute atomic E-state index is 0.116. The van der Waals surface area contributed by atoms with Gasteiger partial charge < -0.3 is 14.7 Å². The number of rotatable bonds is 6. The Kier molecular flexibility index (Phi) is 4.79. The van der Waals surface area contributed by atoms with Gasteiger partial charge in [-0.3, -0.25) is 4.79 Å². The smallest absolute Gasteiger partial charge is 0.376 e. The summed E-state index contributed by atoms with van der Waals surface area (Å²) in [7, 11) is 1.22. The van der Waals surface area contributed by atoms with Crippen molar-refractivity contribution < 1.29 is 19.4 Å². The fourth-order valence-corrected chi connectivity index (χ4v) is 1.27. The fraction of sp³-hybridized carbons (Fsp3) is 0.273. The topological polar surface area (TPSA) is 92.6 Å². The molecule has 0 unspecified atom stereocenters. The monoisotopic (exact) mass is 251 g/mol. The van der Waals surface area contributed by atoms with Crippen molar-refractivity contribution >= 4 is 17.8 Å². The van der Waals surface area contributed by atoms with E-state index in [9.17, 15) is 9.59 Å². The van der Waals surface area contributed by atoms with Crippen LogP contribution in [0.3, 0.4) is 0 Å². The highest BCUT2D eigenvalue weighted by Gasteiger charge is 2.14. The van der Waals surface area contributed by atoms with Crippen LogP contribution in [0.25, 0.3) is 0 Å². The highest BCUT2D eigenvalue weighted by Crippen LogP contribution is 2.10. The summed E-state index contributed by atoms with van der Waals surface area (Å²) < 4.78 is 4.49. The summed E-state index contributed by atoms with van der Waals surface area (Å²) in [5.41, 5.74) is 0. The van der Waals surface area contributed by atoms with Crippen LogP contribution in [0.4, 0.5) is 5.82 Å². The molecule has 1 aromatic heterocycles. The van der Waals surface area contributed by atoms with Crippen molar-refractivity contribution in [2.24, 2.45) is 0 Å². The van der Waals surface area contributed by atoms with Gasteiger partial charge in [-0.05, 0) is 6.07 Å². The summed E-state index contributed by atoms with van der Waals surface area (Å²) in [5.74, 6) is -1.47. The van der Waals surface area contributed by atoms with E-state index in [1.54, 1.807) is 6.08 Å². The third kappa shape index (κ3) is 3.55. The molecule has 96 valence electrons. The second-order valence-corrected chi connectivity index (χ2v) is 3.29. The van der Waals surface area contributed by atoms with Gasteiger partial charge in [0, 0.05) is 12.7 Å². The average molecular weight is 251 g/mol. The highest BCUT2D eigenvalue weighted by molar-refractivity contribution is 5.85. The van der Waals surface area contributed by atoms with Crippen molar-refractivity contribution in [3.8, 4) is 0 Å². The number of carboxylic acid groups (broad SMARTS) is 1. The lowest BCUT2D eigenvalue weighted by Gasteiger charge is -2.19. The van der Waals surface area contributed by atoms with Crippen LogP contribution in [-0.4, -0.2) is 47.2 Å². The van der Waals surface area contributed by atoms with Gasteiger partial charge in [0.15, 0.2) is 0 Å². The Morgan fingerprint density at radius 3 is 2.89 bits per heavy atom. The number of carboxylic acids is 1. The summed E-state index contributed by atoms with van der Waals surface area (Å²) in [4.78, 5) is 31.1. The maximum absolute atomic E-state index is 11.3. The maximum atomic E-state index is 11.3. The molecule has 0 saturated heterocycles. The molecule has 1 aromatic rings. The van der Waals surface area contributed by atoms with Crippen LogP contribution in [0.2, 0.25) is 0 Å². The Hall–Kier alpha value is -2.44. The number of carbonyl (C=O) groups is 2. The Labute approximate surface area is 104 Å². The van der Waals surface area contributed by atoms with E-state index in [0.717, 1.165) is 0 Å². The second kappa shape index (κ2) is 6.33. The van der Waals surface area contributed by atoms with Crippen molar-refractivity contribution in [3.05, 3.63) is 30.7 Å². The van der Waals surface area contributed by atoms with Crippen LogP contribution in [0.5, 0.6) is 0 Å². The molecule has 0 aromatic carbocycles. The van der Waals surface area contributed by atoms with Crippen LogP contribution in [-0.2, 0) is 9.53 Å². The Balaban J connectivity index is 3.00. The SMILES string of the molecule is C=CCN(CC(=O)O)c1ccnc(C(=O)OC)n1. The van der Waals surface area contributed by atoms with Crippen LogP contribution in [0, 0.1) is 0 Å². The van der Waals surface area contributed by atoms with E-state index < -0.39 is 11.9 Å². The number of hydrogen-bond donors (Lipinski definition) is 1. The molecule has 7 heteroatoms. The minimum Gasteiger partial charge on any atom is -0.480 e. The molecule has 18 heavy (non-hydrogen) atoms. The van der Waals surface area contributed by atoms with Crippen molar-refractivity contribution in [2.45, 2.75) is 0 Å². The van der Waals surface area contributed by atoms with Gasteiger partial charge in [0.05, 0.1) is 7.11 Å². The van der Waals surface area contributed by atoms with Crippen LogP contribution < -0.4 is 4.90 Å². The normalized spacial score (nSPS) is 9.61. The number of nitrogens with zero attached hydrogens (tertiary/aromatic N) is 3. The molecule has 0 atom stereocenters. The molecule has 1 heterocycles. The predicted molar refractivity (Wildman–Crippen MR) is 63.4 cm³/mol. The van der Waals surface area contributed by atoms with Crippen molar-refractivity contribution in [1.29, 1.82) is 0 Å². The molecule has 0 bridgehead atoms. The molecule has 0 saturated carbocycles. The van der Waals surface area contributed by atoms with Gasteiger partial charge in [0.1, 0.15) is 12.4 Å². The lowest BCUT2D eigenvalue weighted by Crippen LogP contribution is -2.31. The summed E-state index contributed by atoms with van der Waals surface area (Å²) in [6, 6.07) is 1.51. The minimum atomic E-state index is -1.00. The van der Waals surface area contributed by atoms with E-state index in [4.69, 9.17) is 5.11 Å². The van der Waals surface area contributed by atoms with Crippen molar-refractivity contribution in [1.82, 2.24) is 9.97 Å². The van der Waals surface area contributed by atoms with Gasteiger partial charge in [-0.2, -0.15) is 0 Å². The molecule has 1 N–H and O–H groups in total. The number of esters is 1. The number of ether oxygens (including phenoxy) is 1. The van der Waals surface area contributed by atoms with Gasteiger partial charge in [0.25, 0.3) is 0 Å². The Bertz CT molecular complexity index is 461. The van der Waals surface area contributed by atoms with Gasteiger partial charge in [-0.15, -0.1) is 6.58 Å². The Morgan fingerprint density at radius 2 is 2.33 bits per heavy atom. The number of hydrogen-bond acceptors (Lipinski definition) is 6. The van der Waals surface area contributed by atoms with Crippen LogP contribution in [0.15, 0.2) is 24.9 Å². The molecule has 0 radical (unpaired) electrons. The zero-order valence-corrected chi connectivity index (χ0v) is 9.87. The molecule has 1 rings (SSSR count). The van der Waals surface area contributed by atoms with E-state index in [-0.39, 0.29) is 12.4 Å². The molecule has 0 aliphatic rings. The fourth-order valence-electron chi connectivity index (χ4n) is 1.27. The first-order chi connectivity index (χ1) is 8.58. The maximum Gasteiger partial charge on any atom is 0.376 e. The number of aromatic nitrogens is 2. The summed E-state index contributed by atoms with van der Waals surface area (Å²) in [6.07, 6.45) is 2.91. The first kappa shape index (κ1) is 13.6. The van der Waals surface area contributed by atoms with Crippen LogP contribution >= 0.6 is 0 Å². The molecule has 0 aliphatic carbocycles. The average Bonchev–Trinajstić information content (AvgIpc) is 2.37. The number of methoxy groups -OCH3 is 1. The Morgan fingerprint density at radius 1 is 1.61 bits per heavy atom. The predicted octanol–water partition coefficient (Wildman–Crippen LogP) is 0.340. The summed E-state index contributed by atoms with van der Waals surface area (Å²) in [5, 5.41) is 8.79. The number of carbonyl (C=O) groups excluding carboxylic acids is 1. The highest BCUT2D eigenvalue weighted by atomic mass is 16.5. The molecular weight excluding hydrogens is 238 g/mol. The van der Waals surface area contributed by atoms with Gasteiger partial charge in [-0.25, -0.2) is 14.8 Å². The van der Waals surface area contributed by atoms with E-state index in [0.29, 0.717) is 12.4 Å². The number of anilines is 1. The van der Waals surface area contributed by atoms with Gasteiger partial charge in [0.2, 0.25) is 5.82 Å².